The minimum atomic E-state index is 0.142. The zero-order valence-corrected chi connectivity index (χ0v) is 16.2. The minimum absolute atomic E-state index is 0.142. The summed E-state index contributed by atoms with van der Waals surface area (Å²) in [6.45, 7) is 2.00. The van der Waals surface area contributed by atoms with Crippen LogP contribution in [0.2, 0.25) is 0 Å². The Morgan fingerprint density at radius 2 is 1.77 bits per heavy atom. The van der Waals surface area contributed by atoms with Crippen LogP contribution in [-0.2, 0) is 0 Å². The van der Waals surface area contributed by atoms with Gasteiger partial charge < -0.3 is 9.15 Å². The van der Waals surface area contributed by atoms with Gasteiger partial charge in [0.1, 0.15) is 17.6 Å². The molecule has 1 heterocycles. The molecule has 1 N–H and O–H groups in total. The Bertz CT molecular complexity index is 1210. The lowest BCUT2D eigenvalue weighted by Gasteiger charge is -2.05. The zero-order chi connectivity index (χ0) is 20.8. The van der Waals surface area contributed by atoms with E-state index in [9.17, 15) is 5.26 Å². The monoisotopic (exact) mass is 394 g/mol. The Balaban J connectivity index is 1.47. The summed E-state index contributed by atoms with van der Waals surface area (Å²) >= 11 is 0. The third-order valence-electron chi connectivity index (χ3n) is 4.25. The van der Waals surface area contributed by atoms with Gasteiger partial charge in [-0.1, -0.05) is 48.0 Å². The molecule has 146 valence electrons. The SMILES string of the molecule is Cc1ccc(-c2nc(C#N)c(N/N=C/c3cccc(Oc4ccccc4)c3)o2)cc1. The Kier molecular flexibility index (Phi) is 5.54. The molecule has 0 saturated carbocycles. The van der Waals surface area contributed by atoms with E-state index in [4.69, 9.17) is 9.15 Å². The number of para-hydroxylation sites is 1. The standard InChI is InChI=1S/C24H18N4O2/c1-17-10-12-19(13-11-17)23-27-22(15-25)24(30-23)28-26-16-18-6-5-9-21(14-18)29-20-7-3-2-4-8-20/h2-14,16,28H,1H3/b26-16+. The number of anilines is 1. The molecule has 0 saturated heterocycles. The molecule has 0 aliphatic rings. The minimum Gasteiger partial charge on any atom is -0.457 e. The Hall–Kier alpha value is -4.37. The van der Waals surface area contributed by atoms with Crippen molar-refractivity contribution in [1.82, 2.24) is 4.98 Å². The number of hydrogen-bond donors (Lipinski definition) is 1. The predicted molar refractivity (Wildman–Crippen MR) is 116 cm³/mol. The topological polar surface area (TPSA) is 83.4 Å². The second-order valence-electron chi connectivity index (χ2n) is 6.53. The number of hydrazone groups is 1. The van der Waals surface area contributed by atoms with Crippen LogP contribution in [0.1, 0.15) is 16.8 Å². The van der Waals surface area contributed by atoms with E-state index in [-0.39, 0.29) is 11.6 Å². The maximum Gasteiger partial charge on any atom is 0.252 e. The highest BCUT2D eigenvalue weighted by Crippen LogP contribution is 2.26. The van der Waals surface area contributed by atoms with Crippen LogP contribution >= 0.6 is 0 Å². The normalized spacial score (nSPS) is 10.7. The molecule has 4 aromatic rings. The average Bonchev–Trinajstić information content (AvgIpc) is 3.18. The summed E-state index contributed by atoms with van der Waals surface area (Å²) < 4.78 is 11.5. The summed E-state index contributed by atoms with van der Waals surface area (Å²) in [5.41, 5.74) is 5.65. The number of oxazole rings is 1. The summed E-state index contributed by atoms with van der Waals surface area (Å²) in [5.74, 6) is 2.02. The van der Waals surface area contributed by atoms with E-state index < -0.39 is 0 Å². The van der Waals surface area contributed by atoms with Gasteiger partial charge in [-0.25, -0.2) is 5.43 Å². The maximum atomic E-state index is 9.33. The van der Waals surface area contributed by atoms with Crippen LogP contribution in [0.25, 0.3) is 11.5 Å². The number of nitrogens with zero attached hydrogens (tertiary/aromatic N) is 3. The van der Waals surface area contributed by atoms with Crippen LogP contribution in [0.15, 0.2) is 88.4 Å². The Morgan fingerprint density at radius 1 is 1.00 bits per heavy atom. The first kappa shape index (κ1) is 19.0. The van der Waals surface area contributed by atoms with Gasteiger partial charge in [-0.05, 0) is 48.9 Å². The number of nitrogens with one attached hydrogen (secondary N) is 1. The van der Waals surface area contributed by atoms with E-state index >= 15 is 0 Å². The van der Waals surface area contributed by atoms with Gasteiger partial charge in [0.2, 0.25) is 11.6 Å². The summed E-state index contributed by atoms with van der Waals surface area (Å²) in [4.78, 5) is 4.23. The smallest absolute Gasteiger partial charge is 0.252 e. The van der Waals surface area contributed by atoms with Gasteiger partial charge in [-0.3, -0.25) is 0 Å². The second kappa shape index (κ2) is 8.76. The van der Waals surface area contributed by atoms with Crippen molar-refractivity contribution in [3.8, 4) is 29.0 Å². The van der Waals surface area contributed by atoms with Crippen LogP contribution < -0.4 is 10.2 Å². The van der Waals surface area contributed by atoms with E-state index in [1.807, 2.05) is 91.9 Å². The maximum absolute atomic E-state index is 9.33. The largest absolute Gasteiger partial charge is 0.457 e. The van der Waals surface area contributed by atoms with E-state index in [1.54, 1.807) is 6.21 Å². The van der Waals surface area contributed by atoms with Gasteiger partial charge in [-0.15, -0.1) is 0 Å². The predicted octanol–water partition coefficient (Wildman–Crippen LogP) is 5.76. The summed E-state index contributed by atoms with van der Waals surface area (Å²) in [6.07, 6.45) is 1.62. The van der Waals surface area contributed by atoms with E-state index in [0.717, 1.165) is 22.4 Å². The number of ether oxygens (including phenoxy) is 1. The van der Waals surface area contributed by atoms with Crippen molar-refractivity contribution >= 4 is 12.1 Å². The number of rotatable bonds is 6. The van der Waals surface area contributed by atoms with Gasteiger partial charge in [0.15, 0.2) is 0 Å². The molecular formula is C24H18N4O2. The van der Waals surface area contributed by atoms with Crippen LogP contribution in [-0.4, -0.2) is 11.2 Å². The lowest BCUT2D eigenvalue weighted by atomic mass is 10.1. The molecule has 0 spiro atoms. The summed E-state index contributed by atoms with van der Waals surface area (Å²) in [7, 11) is 0. The third-order valence-corrected chi connectivity index (χ3v) is 4.25. The van der Waals surface area contributed by atoms with Crippen molar-refractivity contribution < 1.29 is 9.15 Å². The zero-order valence-electron chi connectivity index (χ0n) is 16.2. The number of aryl methyl sites for hydroxylation is 1. The fourth-order valence-electron chi connectivity index (χ4n) is 2.74. The van der Waals surface area contributed by atoms with Crippen molar-refractivity contribution in [2.75, 3.05) is 5.43 Å². The van der Waals surface area contributed by atoms with Crippen molar-refractivity contribution in [3.63, 3.8) is 0 Å². The number of hydrogen-bond acceptors (Lipinski definition) is 6. The third kappa shape index (κ3) is 4.54. The van der Waals surface area contributed by atoms with Gasteiger partial charge in [0, 0.05) is 5.56 Å². The molecule has 0 fully saturated rings. The molecule has 1 aromatic heterocycles. The van der Waals surface area contributed by atoms with Crippen LogP contribution in [0.3, 0.4) is 0 Å². The fraction of sp³-hybridized carbons (Fsp3) is 0.0417. The fourth-order valence-corrected chi connectivity index (χ4v) is 2.74. The molecule has 30 heavy (non-hydrogen) atoms. The van der Waals surface area contributed by atoms with Gasteiger partial charge in [0.25, 0.3) is 5.88 Å². The van der Waals surface area contributed by atoms with Gasteiger partial charge >= 0.3 is 0 Å². The highest BCUT2D eigenvalue weighted by molar-refractivity contribution is 5.80. The first-order chi connectivity index (χ1) is 14.7. The molecule has 4 rings (SSSR count). The Morgan fingerprint density at radius 3 is 2.53 bits per heavy atom. The molecular weight excluding hydrogens is 376 g/mol. The lowest BCUT2D eigenvalue weighted by molar-refractivity contribution is 0.482. The molecule has 6 nitrogen and oxygen atoms in total. The second-order valence-corrected chi connectivity index (χ2v) is 6.53. The molecule has 0 amide bonds. The van der Waals surface area contributed by atoms with E-state index in [1.165, 1.54) is 0 Å². The summed E-state index contributed by atoms with van der Waals surface area (Å²) in [5, 5.41) is 13.5. The first-order valence-corrected chi connectivity index (χ1v) is 9.31. The molecule has 0 radical (unpaired) electrons. The van der Waals surface area contributed by atoms with Crippen LogP contribution in [0, 0.1) is 18.3 Å². The number of benzene rings is 3. The van der Waals surface area contributed by atoms with Gasteiger partial charge in [0.05, 0.1) is 6.21 Å². The van der Waals surface area contributed by atoms with E-state index in [0.29, 0.717) is 11.6 Å². The highest BCUT2D eigenvalue weighted by atomic mass is 16.5. The van der Waals surface area contributed by atoms with Crippen LogP contribution in [0.5, 0.6) is 11.5 Å². The first-order valence-electron chi connectivity index (χ1n) is 9.31. The van der Waals surface area contributed by atoms with Crippen molar-refractivity contribution in [2.45, 2.75) is 6.92 Å². The van der Waals surface area contributed by atoms with E-state index in [2.05, 4.69) is 15.5 Å². The number of aromatic nitrogens is 1. The lowest BCUT2D eigenvalue weighted by Crippen LogP contribution is -1.92. The molecule has 0 bridgehead atoms. The average molecular weight is 394 g/mol. The van der Waals surface area contributed by atoms with Crippen molar-refractivity contribution in [1.29, 1.82) is 5.26 Å². The molecule has 6 heteroatoms. The van der Waals surface area contributed by atoms with Crippen molar-refractivity contribution in [3.05, 3.63) is 95.7 Å². The molecule has 3 aromatic carbocycles. The Labute approximate surface area is 174 Å². The quantitative estimate of drug-likeness (QED) is 0.332. The molecule has 0 unspecified atom stereocenters. The van der Waals surface area contributed by atoms with Crippen molar-refractivity contribution in [2.24, 2.45) is 5.10 Å². The highest BCUT2D eigenvalue weighted by Gasteiger charge is 2.13. The molecule has 0 atom stereocenters. The van der Waals surface area contributed by atoms with Crippen LogP contribution in [0.4, 0.5) is 5.88 Å². The summed E-state index contributed by atoms with van der Waals surface area (Å²) in [6, 6.07) is 26.8. The number of nitriles is 1. The molecule has 0 aliphatic carbocycles. The van der Waals surface area contributed by atoms with Gasteiger partial charge in [-0.2, -0.15) is 15.3 Å². The molecule has 0 aliphatic heterocycles.